The lowest BCUT2D eigenvalue weighted by atomic mass is 9.82. The number of fused-ring (bicyclic) bond motifs is 1. The normalized spacial score (nSPS) is 26.3. The van der Waals surface area contributed by atoms with Crippen molar-refractivity contribution in [3.63, 3.8) is 0 Å². The Balaban J connectivity index is 1.47. The monoisotopic (exact) mass is 559 g/mol. The third-order valence-electron chi connectivity index (χ3n) is 7.48. The summed E-state index contributed by atoms with van der Waals surface area (Å²) in [4.78, 5) is 19.8. The fourth-order valence-electron chi connectivity index (χ4n) is 5.71. The summed E-state index contributed by atoms with van der Waals surface area (Å²) in [6.07, 6.45) is 1.11. The number of aliphatic hydroxyl groups excluding tert-OH is 1. The number of nitrogens with zero attached hydrogens (tertiary/aromatic N) is 1. The topological polar surface area (TPSA) is 58.9 Å². The zero-order valence-electron chi connectivity index (χ0n) is 19.5. The molecule has 1 aromatic heterocycles. The van der Waals surface area contributed by atoms with Gasteiger partial charge in [-0.25, -0.2) is 0 Å². The molecule has 36 heavy (non-hydrogen) atoms. The average Bonchev–Trinajstić information content (AvgIpc) is 3.41. The lowest BCUT2D eigenvalue weighted by molar-refractivity contribution is -0.275. The van der Waals surface area contributed by atoms with Crippen molar-refractivity contribution in [2.24, 2.45) is 11.1 Å². The van der Waals surface area contributed by atoms with Gasteiger partial charge < -0.3 is 9.94 Å². The van der Waals surface area contributed by atoms with Crippen molar-refractivity contribution in [2.75, 3.05) is 0 Å². The van der Waals surface area contributed by atoms with E-state index in [1.807, 2.05) is 0 Å². The molecule has 2 aromatic rings. The van der Waals surface area contributed by atoms with E-state index in [9.17, 15) is 23.1 Å². The predicted molar refractivity (Wildman–Crippen MR) is 134 cm³/mol. The van der Waals surface area contributed by atoms with Gasteiger partial charge in [0.15, 0.2) is 5.78 Å². The van der Waals surface area contributed by atoms with Crippen LogP contribution < -0.4 is 0 Å². The lowest BCUT2D eigenvalue weighted by Crippen LogP contribution is -2.42. The molecule has 0 spiro atoms. The molecule has 0 radical (unpaired) electrons. The number of halogens is 5. The van der Waals surface area contributed by atoms with Crippen LogP contribution in [0.15, 0.2) is 23.4 Å². The predicted octanol–water partition coefficient (Wildman–Crippen LogP) is 7.64. The Labute approximate surface area is 221 Å². The Morgan fingerprint density at radius 3 is 2.47 bits per heavy atom. The number of aliphatic hydroxyl groups is 1. The Hall–Kier alpha value is -1.61. The van der Waals surface area contributed by atoms with Gasteiger partial charge >= 0.3 is 6.18 Å². The highest BCUT2D eigenvalue weighted by atomic mass is 35.5. The van der Waals surface area contributed by atoms with Crippen LogP contribution in [0.1, 0.15) is 82.6 Å². The summed E-state index contributed by atoms with van der Waals surface area (Å²) in [5.41, 5.74) is -0.851. The molecule has 5 rings (SSSR count). The number of carbonyl (C=O) groups excluding carboxylic acids is 1. The van der Waals surface area contributed by atoms with Crippen LogP contribution in [0, 0.1) is 5.92 Å². The highest BCUT2D eigenvalue weighted by molar-refractivity contribution is 7.16. The Bertz CT molecular complexity index is 1190. The Morgan fingerprint density at radius 2 is 1.81 bits per heavy atom. The molecule has 1 aliphatic heterocycles. The molecule has 2 aliphatic carbocycles. The summed E-state index contributed by atoms with van der Waals surface area (Å²) in [5, 5.41) is 14.1. The molecule has 1 fully saturated rings. The van der Waals surface area contributed by atoms with Gasteiger partial charge in [-0.3, -0.25) is 4.79 Å². The first kappa shape index (κ1) is 26.0. The molecule has 0 saturated heterocycles. The number of rotatable bonds is 5. The van der Waals surface area contributed by atoms with Crippen molar-refractivity contribution in [2.45, 2.75) is 82.1 Å². The van der Waals surface area contributed by atoms with E-state index in [2.05, 4.69) is 5.16 Å². The van der Waals surface area contributed by atoms with Crippen LogP contribution in [-0.4, -0.2) is 28.9 Å². The molecular weight excluding hydrogens is 534 g/mol. The summed E-state index contributed by atoms with van der Waals surface area (Å²) in [6.45, 7) is 0. The fourth-order valence-corrected chi connectivity index (χ4v) is 7.56. The first-order valence-corrected chi connectivity index (χ1v) is 13.8. The van der Waals surface area contributed by atoms with Crippen molar-refractivity contribution >= 4 is 46.0 Å². The van der Waals surface area contributed by atoms with E-state index in [-0.39, 0.29) is 39.1 Å². The quantitative estimate of drug-likeness (QED) is 0.383. The molecule has 10 heteroatoms. The fraction of sp³-hybridized carbons (Fsp3) is 0.538. The summed E-state index contributed by atoms with van der Waals surface area (Å²) in [7, 11) is 0. The van der Waals surface area contributed by atoms with Crippen molar-refractivity contribution in [3.8, 4) is 0 Å². The van der Waals surface area contributed by atoms with Crippen molar-refractivity contribution in [1.82, 2.24) is 0 Å². The van der Waals surface area contributed by atoms with E-state index in [1.165, 1.54) is 29.5 Å². The van der Waals surface area contributed by atoms with E-state index in [1.54, 1.807) is 0 Å². The number of oxime groups is 1. The minimum atomic E-state index is -4.77. The smallest absolute Gasteiger partial charge is 0.393 e. The van der Waals surface area contributed by atoms with Crippen LogP contribution in [0.25, 0.3) is 0 Å². The molecule has 3 aliphatic rings. The second-order valence-corrected chi connectivity index (χ2v) is 11.9. The summed E-state index contributed by atoms with van der Waals surface area (Å²) in [6, 6.07) is 3.78. The molecule has 1 aromatic carbocycles. The highest BCUT2D eigenvalue weighted by Gasteiger charge is 2.62. The summed E-state index contributed by atoms with van der Waals surface area (Å²) in [5.74, 6) is 0.135. The SMILES string of the molecule is O=C(CC1CCCC(O)C1)c1sc(C2=NOC(c3cc(Cl)cc(Cl)c3)(C(F)(F)F)C2)c2c1CCCC2. The van der Waals surface area contributed by atoms with Crippen LogP contribution in [0.2, 0.25) is 10.0 Å². The van der Waals surface area contributed by atoms with E-state index in [4.69, 9.17) is 28.0 Å². The molecular formula is C26H26Cl2F3NO3S. The summed E-state index contributed by atoms with van der Waals surface area (Å²) >= 11 is 13.3. The van der Waals surface area contributed by atoms with Gasteiger partial charge in [0, 0.05) is 22.0 Å². The standard InChI is InChI=1S/C26H26Cl2F3NO3S/c27-16-10-15(11-17(28)12-16)25(26(29,30)31)13-21(32-35-25)23-19-6-1-2-7-20(19)24(36-23)22(34)9-14-4-3-5-18(33)8-14/h10-12,14,18,33H,1-9,13H2. The van der Waals surface area contributed by atoms with Crippen LogP contribution >= 0.6 is 34.5 Å². The van der Waals surface area contributed by atoms with Gasteiger partial charge in [-0.1, -0.05) is 34.8 Å². The molecule has 3 unspecified atom stereocenters. The van der Waals surface area contributed by atoms with Crippen LogP contribution in [0.4, 0.5) is 13.2 Å². The van der Waals surface area contributed by atoms with Crippen LogP contribution in [-0.2, 0) is 23.3 Å². The first-order valence-electron chi connectivity index (χ1n) is 12.2. The van der Waals surface area contributed by atoms with Gasteiger partial charge in [0.05, 0.1) is 22.3 Å². The number of carbonyl (C=O) groups is 1. The highest BCUT2D eigenvalue weighted by Crippen LogP contribution is 2.51. The van der Waals surface area contributed by atoms with Gasteiger partial charge in [-0.05, 0) is 80.2 Å². The zero-order chi connectivity index (χ0) is 25.7. The van der Waals surface area contributed by atoms with Gasteiger partial charge in [0.1, 0.15) is 5.71 Å². The maximum atomic E-state index is 14.5. The van der Waals surface area contributed by atoms with E-state index >= 15 is 0 Å². The maximum absolute atomic E-state index is 14.5. The third kappa shape index (κ3) is 4.82. The van der Waals surface area contributed by atoms with Crippen LogP contribution in [0.3, 0.4) is 0 Å². The molecule has 0 amide bonds. The van der Waals surface area contributed by atoms with Crippen LogP contribution in [0.5, 0.6) is 0 Å². The molecule has 2 heterocycles. The number of hydrogen-bond acceptors (Lipinski definition) is 5. The van der Waals surface area contributed by atoms with E-state index in [0.717, 1.165) is 49.7 Å². The number of thiophene rings is 1. The molecule has 194 valence electrons. The molecule has 1 saturated carbocycles. The Morgan fingerprint density at radius 1 is 1.11 bits per heavy atom. The van der Waals surface area contributed by atoms with E-state index in [0.29, 0.717) is 29.0 Å². The summed E-state index contributed by atoms with van der Waals surface area (Å²) < 4.78 is 43.4. The minimum absolute atomic E-state index is 0.00622. The van der Waals surface area contributed by atoms with E-state index < -0.39 is 18.2 Å². The first-order chi connectivity index (χ1) is 17.1. The maximum Gasteiger partial charge on any atom is 0.435 e. The zero-order valence-corrected chi connectivity index (χ0v) is 21.8. The van der Waals surface area contributed by atoms with Crippen molar-refractivity contribution in [3.05, 3.63) is 54.7 Å². The minimum Gasteiger partial charge on any atom is -0.393 e. The molecule has 4 nitrogen and oxygen atoms in total. The number of hydrogen-bond donors (Lipinski definition) is 1. The largest absolute Gasteiger partial charge is 0.435 e. The molecule has 1 N–H and O–H groups in total. The molecule has 3 atom stereocenters. The number of alkyl halides is 3. The lowest BCUT2D eigenvalue weighted by Gasteiger charge is -2.29. The van der Waals surface area contributed by atoms with Crippen molar-refractivity contribution < 1.29 is 27.9 Å². The number of benzene rings is 1. The van der Waals surface area contributed by atoms with Gasteiger partial charge in [-0.2, -0.15) is 13.2 Å². The van der Waals surface area contributed by atoms with Gasteiger partial charge in [-0.15, -0.1) is 11.3 Å². The van der Waals surface area contributed by atoms with Gasteiger partial charge in [0.25, 0.3) is 5.60 Å². The van der Waals surface area contributed by atoms with Crippen molar-refractivity contribution in [1.29, 1.82) is 0 Å². The average molecular weight is 560 g/mol. The second kappa shape index (κ2) is 9.93. The number of ketones is 1. The second-order valence-electron chi connectivity index (χ2n) is 10.0. The third-order valence-corrected chi connectivity index (χ3v) is 9.28. The van der Waals surface area contributed by atoms with Gasteiger partial charge in [0.2, 0.25) is 0 Å². The Kier molecular flexibility index (Phi) is 7.18. The number of Topliss-reactive ketones (excluding diaryl/α,β-unsaturated/α-hetero) is 1. The molecule has 0 bridgehead atoms.